The number of primary amides is 1. The van der Waals surface area contributed by atoms with E-state index in [9.17, 15) is 4.79 Å². The number of amides is 1. The molecule has 5 heteroatoms. The lowest BCUT2D eigenvalue weighted by atomic mass is 10.1. The fraction of sp³-hybridized carbons (Fsp3) is 0.500. The van der Waals surface area contributed by atoms with Gasteiger partial charge in [-0.1, -0.05) is 6.07 Å². The van der Waals surface area contributed by atoms with E-state index in [0.717, 1.165) is 12.2 Å². The van der Waals surface area contributed by atoms with E-state index >= 15 is 0 Å². The highest BCUT2D eigenvalue weighted by Gasteiger charge is 2.16. The summed E-state index contributed by atoms with van der Waals surface area (Å²) in [5.74, 6) is 0.195. The second-order valence-electron chi connectivity index (χ2n) is 5.03. The normalized spacial score (nSPS) is 19.9. The van der Waals surface area contributed by atoms with Crippen LogP contribution in [0.1, 0.15) is 12.8 Å². The van der Waals surface area contributed by atoms with Crippen molar-refractivity contribution in [2.75, 3.05) is 32.1 Å². The van der Waals surface area contributed by atoms with E-state index in [1.54, 1.807) is 0 Å². The molecule has 104 valence electrons. The number of carbonyl (C=O) groups is 1. The number of nitrogens with zero attached hydrogens (tertiary/aromatic N) is 1. The topological polar surface area (TPSA) is 67.6 Å². The number of hydrogen-bond acceptors (Lipinski definition) is 4. The van der Waals surface area contributed by atoms with Crippen LogP contribution in [0.25, 0.3) is 0 Å². The molecule has 2 rings (SSSR count). The van der Waals surface area contributed by atoms with Crippen molar-refractivity contribution < 1.29 is 9.53 Å². The van der Waals surface area contributed by atoms with Crippen molar-refractivity contribution in [3.05, 3.63) is 24.3 Å². The van der Waals surface area contributed by atoms with Crippen LogP contribution < -0.4 is 15.8 Å². The van der Waals surface area contributed by atoms with Crippen LogP contribution in [0.5, 0.6) is 5.75 Å². The average Bonchev–Trinajstić information content (AvgIpc) is 2.37. The lowest BCUT2D eigenvalue weighted by Gasteiger charge is -2.30. The van der Waals surface area contributed by atoms with Crippen LogP contribution in [-0.4, -0.2) is 43.6 Å². The SMILES string of the molecule is CN1CCCC(Nc2cccc(OCC(N)=O)c2)C1. The highest BCUT2D eigenvalue weighted by Crippen LogP contribution is 2.20. The molecule has 0 spiro atoms. The highest BCUT2D eigenvalue weighted by molar-refractivity contribution is 5.75. The van der Waals surface area contributed by atoms with Gasteiger partial charge in [0.1, 0.15) is 5.75 Å². The minimum absolute atomic E-state index is 0.0877. The molecule has 0 radical (unpaired) electrons. The van der Waals surface area contributed by atoms with Gasteiger partial charge in [0, 0.05) is 24.3 Å². The number of ether oxygens (including phenoxy) is 1. The summed E-state index contributed by atoms with van der Waals surface area (Å²) in [6, 6.07) is 8.10. The molecule has 0 aliphatic carbocycles. The monoisotopic (exact) mass is 263 g/mol. The Balaban J connectivity index is 1.92. The number of carbonyl (C=O) groups excluding carboxylic acids is 1. The van der Waals surface area contributed by atoms with Crippen molar-refractivity contribution in [2.45, 2.75) is 18.9 Å². The van der Waals surface area contributed by atoms with Crippen molar-refractivity contribution in [1.82, 2.24) is 4.90 Å². The number of likely N-dealkylation sites (N-methyl/N-ethyl adjacent to an activating group) is 1. The summed E-state index contributed by atoms with van der Waals surface area (Å²) >= 11 is 0. The van der Waals surface area contributed by atoms with E-state index in [0.29, 0.717) is 11.8 Å². The van der Waals surface area contributed by atoms with Crippen molar-refractivity contribution >= 4 is 11.6 Å². The predicted molar refractivity (Wildman–Crippen MR) is 75.3 cm³/mol. The molecule has 1 heterocycles. The van der Waals surface area contributed by atoms with Crippen molar-refractivity contribution in [3.8, 4) is 5.75 Å². The number of anilines is 1. The van der Waals surface area contributed by atoms with Gasteiger partial charge in [-0.3, -0.25) is 4.79 Å². The number of hydrogen-bond donors (Lipinski definition) is 2. The third-order valence-corrected chi connectivity index (χ3v) is 3.21. The molecule has 1 saturated heterocycles. The van der Waals surface area contributed by atoms with E-state index in [-0.39, 0.29) is 6.61 Å². The summed E-state index contributed by atoms with van der Waals surface area (Å²) in [6.45, 7) is 2.13. The molecule has 0 aromatic heterocycles. The standard InChI is InChI=1S/C14H21N3O2/c1-17-7-3-5-12(9-17)16-11-4-2-6-13(8-11)19-10-14(15)18/h2,4,6,8,12,16H,3,5,7,9-10H2,1H3,(H2,15,18). The molecule has 1 amide bonds. The summed E-state index contributed by atoms with van der Waals surface area (Å²) in [5.41, 5.74) is 6.07. The number of benzene rings is 1. The molecule has 1 atom stereocenters. The molecular weight excluding hydrogens is 242 g/mol. The molecule has 0 saturated carbocycles. The van der Waals surface area contributed by atoms with Gasteiger partial charge in [-0.2, -0.15) is 0 Å². The number of nitrogens with two attached hydrogens (primary N) is 1. The van der Waals surface area contributed by atoms with E-state index in [1.807, 2.05) is 24.3 Å². The van der Waals surface area contributed by atoms with E-state index in [4.69, 9.17) is 10.5 Å². The minimum atomic E-state index is -0.465. The van der Waals surface area contributed by atoms with Gasteiger partial charge in [-0.05, 0) is 38.6 Å². The third kappa shape index (κ3) is 4.44. The van der Waals surface area contributed by atoms with Gasteiger partial charge in [0.15, 0.2) is 6.61 Å². The van der Waals surface area contributed by atoms with Crippen molar-refractivity contribution in [1.29, 1.82) is 0 Å². The van der Waals surface area contributed by atoms with Crippen LogP contribution in [0.4, 0.5) is 5.69 Å². The molecule has 1 aliphatic rings. The lowest BCUT2D eigenvalue weighted by Crippen LogP contribution is -2.39. The number of rotatable bonds is 5. The fourth-order valence-corrected chi connectivity index (χ4v) is 2.35. The fourth-order valence-electron chi connectivity index (χ4n) is 2.35. The summed E-state index contributed by atoms with van der Waals surface area (Å²) in [6.07, 6.45) is 2.39. The second kappa shape index (κ2) is 6.43. The molecule has 19 heavy (non-hydrogen) atoms. The quantitative estimate of drug-likeness (QED) is 0.833. The van der Waals surface area contributed by atoms with Crippen LogP contribution in [-0.2, 0) is 4.79 Å². The Labute approximate surface area is 113 Å². The van der Waals surface area contributed by atoms with E-state index in [2.05, 4.69) is 17.3 Å². The zero-order valence-corrected chi connectivity index (χ0v) is 11.3. The average molecular weight is 263 g/mol. The largest absolute Gasteiger partial charge is 0.484 e. The lowest BCUT2D eigenvalue weighted by molar-refractivity contribution is -0.119. The predicted octanol–water partition coefficient (Wildman–Crippen LogP) is 1.06. The van der Waals surface area contributed by atoms with Gasteiger partial charge < -0.3 is 20.7 Å². The second-order valence-corrected chi connectivity index (χ2v) is 5.03. The van der Waals surface area contributed by atoms with E-state index < -0.39 is 5.91 Å². The Morgan fingerprint density at radius 1 is 1.58 bits per heavy atom. The molecule has 1 aliphatic heterocycles. The minimum Gasteiger partial charge on any atom is -0.484 e. The summed E-state index contributed by atoms with van der Waals surface area (Å²) in [5, 5.41) is 3.50. The van der Waals surface area contributed by atoms with Crippen molar-refractivity contribution in [3.63, 3.8) is 0 Å². The van der Waals surface area contributed by atoms with Crippen LogP contribution in [0, 0.1) is 0 Å². The highest BCUT2D eigenvalue weighted by atomic mass is 16.5. The molecule has 1 aromatic carbocycles. The maximum atomic E-state index is 10.7. The van der Waals surface area contributed by atoms with Crippen LogP contribution in [0.15, 0.2) is 24.3 Å². The maximum Gasteiger partial charge on any atom is 0.255 e. The molecule has 0 bridgehead atoms. The molecule has 1 unspecified atom stereocenters. The number of nitrogens with one attached hydrogen (secondary N) is 1. The molecule has 1 aromatic rings. The Hall–Kier alpha value is -1.75. The molecule has 1 fully saturated rings. The maximum absolute atomic E-state index is 10.7. The van der Waals surface area contributed by atoms with Crippen molar-refractivity contribution in [2.24, 2.45) is 5.73 Å². The molecule has 5 nitrogen and oxygen atoms in total. The van der Waals surface area contributed by atoms with E-state index in [1.165, 1.54) is 19.4 Å². The first kappa shape index (κ1) is 13.7. The number of piperidine rings is 1. The van der Waals surface area contributed by atoms with Gasteiger partial charge in [-0.25, -0.2) is 0 Å². The molecular formula is C14H21N3O2. The van der Waals surface area contributed by atoms with Gasteiger partial charge in [0.2, 0.25) is 0 Å². The first-order valence-electron chi connectivity index (χ1n) is 6.60. The Kier molecular flexibility index (Phi) is 4.63. The van der Waals surface area contributed by atoms with Gasteiger partial charge >= 0.3 is 0 Å². The summed E-state index contributed by atoms with van der Waals surface area (Å²) in [7, 11) is 2.14. The zero-order valence-electron chi connectivity index (χ0n) is 11.3. The molecule has 3 N–H and O–H groups in total. The number of likely N-dealkylation sites (tertiary alicyclic amines) is 1. The Morgan fingerprint density at radius 3 is 3.16 bits per heavy atom. The van der Waals surface area contributed by atoms with Crippen LogP contribution in [0.3, 0.4) is 0 Å². The first-order valence-corrected chi connectivity index (χ1v) is 6.60. The first-order chi connectivity index (χ1) is 9.13. The summed E-state index contributed by atoms with van der Waals surface area (Å²) in [4.78, 5) is 13.0. The van der Waals surface area contributed by atoms with Crippen LogP contribution >= 0.6 is 0 Å². The third-order valence-electron chi connectivity index (χ3n) is 3.21. The smallest absolute Gasteiger partial charge is 0.255 e. The van der Waals surface area contributed by atoms with Gasteiger partial charge in [0.25, 0.3) is 5.91 Å². The zero-order chi connectivity index (χ0) is 13.7. The van der Waals surface area contributed by atoms with Gasteiger partial charge in [0.05, 0.1) is 0 Å². The Morgan fingerprint density at radius 2 is 2.42 bits per heavy atom. The van der Waals surface area contributed by atoms with Gasteiger partial charge in [-0.15, -0.1) is 0 Å². The Bertz CT molecular complexity index is 436. The summed E-state index contributed by atoms with van der Waals surface area (Å²) < 4.78 is 5.29. The van der Waals surface area contributed by atoms with Crippen LogP contribution in [0.2, 0.25) is 0 Å².